The monoisotopic (exact) mass is 401 g/mol. The second kappa shape index (κ2) is 9.11. The SMILES string of the molecule is COC(=O)C(CSCc1ccccc1)NS(=O)(=O)c1c(F)cccc1F. The van der Waals surface area contributed by atoms with E-state index in [-0.39, 0.29) is 5.75 Å². The average molecular weight is 401 g/mol. The van der Waals surface area contributed by atoms with E-state index in [1.54, 1.807) is 0 Å². The molecular formula is C17H17F2NO4S2. The van der Waals surface area contributed by atoms with E-state index < -0.39 is 38.6 Å². The zero-order valence-corrected chi connectivity index (χ0v) is 15.4. The van der Waals surface area contributed by atoms with Gasteiger partial charge in [0.2, 0.25) is 10.0 Å². The first kappa shape index (κ1) is 20.3. The molecule has 0 saturated carbocycles. The molecule has 2 aromatic carbocycles. The standard InChI is InChI=1S/C17H17F2NO4S2/c1-24-17(21)15(11-25-10-12-6-3-2-4-7-12)20-26(22,23)16-13(18)8-5-9-14(16)19/h2-9,15,20H,10-11H2,1H3. The third kappa shape index (κ3) is 5.26. The maximum atomic E-state index is 13.8. The summed E-state index contributed by atoms with van der Waals surface area (Å²) in [6.45, 7) is 0. The summed E-state index contributed by atoms with van der Waals surface area (Å²) in [6.07, 6.45) is 0. The molecule has 2 aromatic rings. The maximum Gasteiger partial charge on any atom is 0.324 e. The normalized spacial score (nSPS) is 12.6. The molecule has 0 amide bonds. The number of carbonyl (C=O) groups is 1. The van der Waals surface area contributed by atoms with Crippen molar-refractivity contribution >= 4 is 27.8 Å². The summed E-state index contributed by atoms with van der Waals surface area (Å²) in [4.78, 5) is 10.8. The van der Waals surface area contributed by atoms with Crippen LogP contribution < -0.4 is 4.72 Å². The van der Waals surface area contributed by atoms with Gasteiger partial charge in [-0.1, -0.05) is 36.4 Å². The summed E-state index contributed by atoms with van der Waals surface area (Å²) in [5, 5.41) is 0. The van der Waals surface area contributed by atoms with Crippen molar-refractivity contribution in [3.63, 3.8) is 0 Å². The van der Waals surface area contributed by atoms with Crippen LogP contribution in [0.1, 0.15) is 5.56 Å². The largest absolute Gasteiger partial charge is 0.468 e. The van der Waals surface area contributed by atoms with Crippen LogP contribution in [0.2, 0.25) is 0 Å². The Hall–Kier alpha value is -1.97. The molecule has 0 bridgehead atoms. The van der Waals surface area contributed by atoms with Gasteiger partial charge in [0.1, 0.15) is 17.7 Å². The molecule has 0 aromatic heterocycles. The summed E-state index contributed by atoms with van der Waals surface area (Å²) in [5.41, 5.74) is 0.990. The lowest BCUT2D eigenvalue weighted by atomic mass is 10.2. The minimum Gasteiger partial charge on any atom is -0.468 e. The maximum absolute atomic E-state index is 13.8. The predicted molar refractivity (Wildman–Crippen MR) is 95.1 cm³/mol. The van der Waals surface area contributed by atoms with Gasteiger partial charge in [0.15, 0.2) is 4.90 Å². The van der Waals surface area contributed by atoms with Crippen LogP contribution >= 0.6 is 11.8 Å². The molecule has 0 radical (unpaired) electrons. The lowest BCUT2D eigenvalue weighted by Crippen LogP contribution is -2.43. The number of esters is 1. The van der Waals surface area contributed by atoms with E-state index in [1.165, 1.54) is 11.8 Å². The van der Waals surface area contributed by atoms with E-state index in [1.807, 2.05) is 35.1 Å². The molecule has 140 valence electrons. The van der Waals surface area contributed by atoms with Crippen molar-refractivity contribution in [1.82, 2.24) is 4.72 Å². The molecule has 2 rings (SSSR count). The third-order valence-corrected chi connectivity index (χ3v) is 6.00. The lowest BCUT2D eigenvalue weighted by Gasteiger charge is -2.17. The molecule has 0 aliphatic carbocycles. The Kier molecular flexibility index (Phi) is 7.13. The fourth-order valence-corrected chi connectivity index (χ4v) is 4.57. The van der Waals surface area contributed by atoms with Crippen LogP contribution in [0, 0.1) is 11.6 Å². The number of thioether (sulfide) groups is 1. The highest BCUT2D eigenvalue weighted by molar-refractivity contribution is 7.98. The number of hydrogen-bond donors (Lipinski definition) is 1. The molecule has 0 spiro atoms. The third-order valence-electron chi connectivity index (χ3n) is 3.37. The quantitative estimate of drug-likeness (QED) is 0.689. The van der Waals surface area contributed by atoms with Crippen LogP contribution in [-0.4, -0.2) is 33.3 Å². The fourth-order valence-electron chi connectivity index (χ4n) is 2.15. The van der Waals surface area contributed by atoms with Gasteiger partial charge in [0, 0.05) is 11.5 Å². The van der Waals surface area contributed by atoms with E-state index >= 15 is 0 Å². The summed E-state index contributed by atoms with van der Waals surface area (Å²) in [7, 11) is -3.48. The zero-order chi connectivity index (χ0) is 19.2. The van der Waals surface area contributed by atoms with Crippen molar-refractivity contribution in [2.75, 3.05) is 12.9 Å². The number of hydrogen-bond acceptors (Lipinski definition) is 5. The fraction of sp³-hybridized carbons (Fsp3) is 0.235. The van der Waals surface area contributed by atoms with Gasteiger partial charge in [-0.25, -0.2) is 17.2 Å². The van der Waals surface area contributed by atoms with Crippen LogP contribution in [-0.2, 0) is 25.3 Å². The number of rotatable bonds is 8. The Morgan fingerprint density at radius 3 is 2.31 bits per heavy atom. The van der Waals surface area contributed by atoms with Crippen molar-refractivity contribution in [3.05, 3.63) is 65.7 Å². The van der Waals surface area contributed by atoms with Gasteiger partial charge < -0.3 is 4.74 Å². The van der Waals surface area contributed by atoms with Crippen LogP contribution in [0.4, 0.5) is 8.78 Å². The highest BCUT2D eigenvalue weighted by atomic mass is 32.2. The van der Waals surface area contributed by atoms with Crippen molar-refractivity contribution in [1.29, 1.82) is 0 Å². The number of carbonyl (C=O) groups excluding carboxylic acids is 1. The number of methoxy groups -OCH3 is 1. The summed E-state index contributed by atoms with van der Waals surface area (Å²) in [5.74, 6) is -2.75. The van der Waals surface area contributed by atoms with Crippen LogP contribution in [0.15, 0.2) is 53.4 Å². The minimum absolute atomic E-state index is 0.0386. The number of nitrogens with one attached hydrogen (secondary N) is 1. The van der Waals surface area contributed by atoms with Crippen molar-refractivity contribution < 1.29 is 26.7 Å². The molecule has 0 heterocycles. The average Bonchev–Trinajstić information content (AvgIpc) is 2.60. The Morgan fingerprint density at radius 2 is 1.73 bits per heavy atom. The number of halogens is 2. The number of sulfonamides is 1. The molecule has 0 aliphatic rings. The molecular weight excluding hydrogens is 384 g/mol. The predicted octanol–water partition coefficient (Wildman–Crippen LogP) is 2.72. The number of benzene rings is 2. The molecule has 0 saturated heterocycles. The smallest absolute Gasteiger partial charge is 0.324 e. The van der Waals surface area contributed by atoms with E-state index in [0.29, 0.717) is 5.75 Å². The van der Waals surface area contributed by atoms with Crippen molar-refractivity contribution in [2.45, 2.75) is 16.7 Å². The topological polar surface area (TPSA) is 72.5 Å². The molecule has 1 N–H and O–H groups in total. The molecule has 0 aliphatic heterocycles. The Morgan fingerprint density at radius 1 is 1.12 bits per heavy atom. The summed E-state index contributed by atoms with van der Waals surface area (Å²) < 4.78 is 58.8. The summed E-state index contributed by atoms with van der Waals surface area (Å²) >= 11 is 1.29. The highest BCUT2D eigenvalue weighted by Crippen LogP contribution is 2.20. The van der Waals surface area contributed by atoms with Gasteiger partial charge >= 0.3 is 5.97 Å². The Labute approximate surface area is 154 Å². The second-order valence-corrected chi connectivity index (χ2v) is 7.93. The van der Waals surface area contributed by atoms with Gasteiger partial charge in [-0.2, -0.15) is 16.5 Å². The van der Waals surface area contributed by atoms with E-state index in [0.717, 1.165) is 30.9 Å². The first-order valence-electron chi connectivity index (χ1n) is 7.51. The molecule has 0 fully saturated rings. The molecule has 9 heteroatoms. The van der Waals surface area contributed by atoms with Gasteiger partial charge in [-0.3, -0.25) is 4.79 Å². The van der Waals surface area contributed by atoms with Crippen LogP contribution in [0.5, 0.6) is 0 Å². The molecule has 1 unspecified atom stereocenters. The van der Waals surface area contributed by atoms with Gasteiger partial charge in [0.25, 0.3) is 0 Å². The van der Waals surface area contributed by atoms with Crippen molar-refractivity contribution in [2.24, 2.45) is 0 Å². The molecule has 26 heavy (non-hydrogen) atoms. The Bertz CT molecular complexity index is 840. The van der Waals surface area contributed by atoms with E-state index in [2.05, 4.69) is 4.74 Å². The zero-order valence-electron chi connectivity index (χ0n) is 13.8. The van der Waals surface area contributed by atoms with Crippen LogP contribution in [0.3, 0.4) is 0 Å². The van der Waals surface area contributed by atoms with Gasteiger partial charge in [-0.15, -0.1) is 0 Å². The van der Waals surface area contributed by atoms with E-state index in [9.17, 15) is 22.0 Å². The summed E-state index contributed by atoms with van der Waals surface area (Å²) in [6, 6.07) is 10.8. The second-order valence-electron chi connectivity index (χ2n) is 5.25. The van der Waals surface area contributed by atoms with Gasteiger partial charge in [0.05, 0.1) is 7.11 Å². The highest BCUT2D eigenvalue weighted by Gasteiger charge is 2.30. The Balaban J connectivity index is 2.13. The van der Waals surface area contributed by atoms with Gasteiger partial charge in [-0.05, 0) is 17.7 Å². The van der Waals surface area contributed by atoms with E-state index in [4.69, 9.17) is 0 Å². The first-order valence-corrected chi connectivity index (χ1v) is 10.1. The lowest BCUT2D eigenvalue weighted by molar-refractivity contribution is -0.141. The molecule has 1 atom stereocenters. The minimum atomic E-state index is -4.59. The van der Waals surface area contributed by atoms with Crippen molar-refractivity contribution in [3.8, 4) is 0 Å². The van der Waals surface area contributed by atoms with Crippen LogP contribution in [0.25, 0.3) is 0 Å². The number of ether oxygens (including phenoxy) is 1. The molecule has 5 nitrogen and oxygen atoms in total. The first-order chi connectivity index (χ1) is 12.3.